The van der Waals surface area contributed by atoms with Crippen LogP contribution in [0.3, 0.4) is 0 Å². The minimum absolute atomic E-state index is 0.242. The van der Waals surface area contributed by atoms with Crippen molar-refractivity contribution in [3.05, 3.63) is 102 Å². The first-order valence-electron chi connectivity index (χ1n) is 12.9. The first-order valence-corrected chi connectivity index (χ1v) is 12.9. The maximum Gasteiger partial charge on any atom is 0.270 e. The van der Waals surface area contributed by atoms with Gasteiger partial charge in [0.2, 0.25) is 5.88 Å². The van der Waals surface area contributed by atoms with Gasteiger partial charge in [0.1, 0.15) is 18.1 Å². The Kier molecular flexibility index (Phi) is 8.28. The van der Waals surface area contributed by atoms with Crippen molar-refractivity contribution in [1.29, 1.82) is 0 Å². The molecule has 1 N–H and O–H groups in total. The van der Waals surface area contributed by atoms with E-state index in [-0.39, 0.29) is 17.6 Å². The number of allylic oxidation sites excluding steroid dienone is 2. The van der Waals surface area contributed by atoms with Gasteiger partial charge in [-0.05, 0) is 66.3 Å². The van der Waals surface area contributed by atoms with Crippen molar-refractivity contribution in [3.63, 3.8) is 0 Å². The third-order valence-electron chi connectivity index (χ3n) is 6.51. The van der Waals surface area contributed by atoms with Gasteiger partial charge in [-0.25, -0.2) is 9.67 Å². The van der Waals surface area contributed by atoms with Gasteiger partial charge in [-0.3, -0.25) is 4.79 Å². The summed E-state index contributed by atoms with van der Waals surface area (Å²) in [4.78, 5) is 22.7. The van der Waals surface area contributed by atoms with E-state index in [1.54, 1.807) is 31.2 Å². The van der Waals surface area contributed by atoms with Crippen LogP contribution in [0.15, 0.2) is 79.1 Å². The number of aromatic nitrogens is 4. The number of benzene rings is 2. The van der Waals surface area contributed by atoms with Crippen molar-refractivity contribution in [2.45, 2.75) is 31.9 Å². The van der Waals surface area contributed by atoms with E-state index in [9.17, 15) is 4.79 Å². The number of hydrogen-bond acceptors (Lipinski definition) is 7. The summed E-state index contributed by atoms with van der Waals surface area (Å²) in [7, 11) is 3.24. The van der Waals surface area contributed by atoms with Gasteiger partial charge in [-0.15, -0.1) is 0 Å². The molecule has 1 atom stereocenters. The molecule has 2 heterocycles. The highest BCUT2D eigenvalue weighted by atomic mass is 16.5. The molecule has 0 fully saturated rings. The fraction of sp³-hybridized carbons (Fsp3) is 0.267. The van der Waals surface area contributed by atoms with Gasteiger partial charge >= 0.3 is 0 Å². The lowest BCUT2D eigenvalue weighted by Crippen LogP contribution is -2.32. The SMILES string of the molecule is COCC(NC(=O)c1cc(OCc2ccc(OC)cc2)nc(C2=CCCC2)n1)c1ccc(-n2cccn2)cc1. The zero-order valence-electron chi connectivity index (χ0n) is 22.0. The Hall–Kier alpha value is -4.50. The van der Waals surface area contributed by atoms with E-state index in [0.29, 0.717) is 24.9 Å². The van der Waals surface area contributed by atoms with E-state index in [1.165, 1.54) is 0 Å². The van der Waals surface area contributed by atoms with Crippen LogP contribution in [0.1, 0.15) is 52.7 Å². The predicted molar refractivity (Wildman–Crippen MR) is 147 cm³/mol. The number of carbonyl (C=O) groups is 1. The van der Waals surface area contributed by atoms with Gasteiger partial charge < -0.3 is 19.5 Å². The second-order valence-corrected chi connectivity index (χ2v) is 9.20. The molecule has 9 heteroatoms. The fourth-order valence-electron chi connectivity index (χ4n) is 4.41. The maximum atomic E-state index is 13.5. The molecule has 39 heavy (non-hydrogen) atoms. The van der Waals surface area contributed by atoms with Gasteiger partial charge in [0, 0.05) is 25.6 Å². The topological polar surface area (TPSA) is 100 Å². The van der Waals surface area contributed by atoms with Crippen molar-refractivity contribution in [1.82, 2.24) is 25.1 Å². The third kappa shape index (κ3) is 6.50. The molecule has 0 aliphatic heterocycles. The van der Waals surface area contributed by atoms with Crippen LogP contribution < -0.4 is 14.8 Å². The maximum absolute atomic E-state index is 13.5. The molecule has 2 aromatic carbocycles. The molecule has 0 saturated carbocycles. The number of nitrogens with zero attached hydrogens (tertiary/aromatic N) is 4. The Morgan fingerprint density at radius 1 is 1.08 bits per heavy atom. The van der Waals surface area contributed by atoms with E-state index >= 15 is 0 Å². The Balaban J connectivity index is 1.35. The third-order valence-corrected chi connectivity index (χ3v) is 6.51. The lowest BCUT2D eigenvalue weighted by molar-refractivity contribution is 0.0890. The van der Waals surface area contributed by atoms with Crippen LogP contribution in [0, 0.1) is 0 Å². The average molecular weight is 526 g/mol. The number of amides is 1. The molecule has 5 rings (SSSR count). The molecule has 0 radical (unpaired) electrons. The summed E-state index contributed by atoms with van der Waals surface area (Å²) in [6, 6.07) is 18.5. The van der Waals surface area contributed by atoms with Crippen LogP contribution in [0.2, 0.25) is 0 Å². The lowest BCUT2D eigenvalue weighted by atomic mass is 10.1. The largest absolute Gasteiger partial charge is 0.497 e. The number of hydrogen-bond donors (Lipinski definition) is 1. The first-order chi connectivity index (χ1) is 19.1. The zero-order valence-corrected chi connectivity index (χ0v) is 22.0. The predicted octanol–water partition coefficient (Wildman–Crippen LogP) is 4.93. The number of rotatable bonds is 11. The zero-order chi connectivity index (χ0) is 27.0. The van der Waals surface area contributed by atoms with E-state index in [0.717, 1.165) is 47.4 Å². The Morgan fingerprint density at radius 2 is 1.90 bits per heavy atom. The van der Waals surface area contributed by atoms with Crippen molar-refractivity contribution in [2.24, 2.45) is 0 Å². The molecule has 9 nitrogen and oxygen atoms in total. The minimum atomic E-state index is -0.373. The summed E-state index contributed by atoms with van der Waals surface area (Å²) in [5.74, 6) is 1.32. The standard InChI is InChI=1S/C30H31N5O4/c1-37-20-27(22-10-12-24(13-11-22)35-17-5-16-31-35)33-30(36)26-18-28(34-29(32-26)23-6-3-4-7-23)39-19-21-8-14-25(38-2)15-9-21/h5-6,8-18,27H,3-4,7,19-20H2,1-2H3,(H,33,36). The van der Waals surface area contributed by atoms with Crippen molar-refractivity contribution < 1.29 is 19.0 Å². The summed E-state index contributed by atoms with van der Waals surface area (Å²) >= 11 is 0. The lowest BCUT2D eigenvalue weighted by Gasteiger charge is -2.19. The molecular formula is C30H31N5O4. The summed E-state index contributed by atoms with van der Waals surface area (Å²) in [5, 5.41) is 7.33. The van der Waals surface area contributed by atoms with Crippen molar-refractivity contribution in [2.75, 3.05) is 20.8 Å². The monoisotopic (exact) mass is 525 g/mol. The van der Waals surface area contributed by atoms with Gasteiger partial charge in [0.15, 0.2) is 5.82 Å². The number of methoxy groups -OCH3 is 2. The molecule has 1 aliphatic rings. The van der Waals surface area contributed by atoms with Crippen molar-refractivity contribution in [3.8, 4) is 17.3 Å². The molecule has 1 amide bonds. The summed E-state index contributed by atoms with van der Waals surface area (Å²) in [6.07, 6.45) is 8.62. The summed E-state index contributed by atoms with van der Waals surface area (Å²) in [6.45, 7) is 0.603. The van der Waals surface area contributed by atoms with E-state index in [4.69, 9.17) is 14.2 Å². The Labute approximate surface area is 227 Å². The smallest absolute Gasteiger partial charge is 0.270 e. The molecule has 1 aliphatic carbocycles. The number of ether oxygens (including phenoxy) is 3. The summed E-state index contributed by atoms with van der Waals surface area (Å²) in [5.41, 5.74) is 4.06. The Bertz CT molecular complexity index is 1420. The summed E-state index contributed by atoms with van der Waals surface area (Å²) < 4.78 is 18.4. The number of nitrogens with one attached hydrogen (secondary N) is 1. The molecule has 2 aromatic heterocycles. The molecule has 4 aromatic rings. The molecule has 0 saturated heterocycles. The number of carbonyl (C=O) groups excluding carboxylic acids is 1. The highest BCUT2D eigenvalue weighted by Gasteiger charge is 2.21. The van der Waals surface area contributed by atoms with Gasteiger partial charge in [0.25, 0.3) is 5.91 Å². The van der Waals surface area contributed by atoms with Gasteiger partial charge in [-0.2, -0.15) is 10.1 Å². The average Bonchev–Trinajstić information content (AvgIpc) is 3.72. The highest BCUT2D eigenvalue weighted by molar-refractivity contribution is 5.93. The second kappa shape index (κ2) is 12.4. The van der Waals surface area contributed by atoms with Crippen LogP contribution >= 0.6 is 0 Å². The van der Waals surface area contributed by atoms with Crippen LogP contribution in [0.4, 0.5) is 0 Å². The molecule has 200 valence electrons. The van der Waals surface area contributed by atoms with E-state index in [1.807, 2.05) is 60.8 Å². The van der Waals surface area contributed by atoms with Gasteiger partial charge in [-0.1, -0.05) is 30.3 Å². The van der Waals surface area contributed by atoms with Crippen LogP contribution in [-0.4, -0.2) is 46.5 Å². The van der Waals surface area contributed by atoms with E-state index < -0.39 is 0 Å². The second-order valence-electron chi connectivity index (χ2n) is 9.20. The van der Waals surface area contributed by atoms with E-state index in [2.05, 4.69) is 26.5 Å². The molecule has 0 bridgehead atoms. The molecule has 0 spiro atoms. The normalized spacial score (nSPS) is 13.5. The highest BCUT2D eigenvalue weighted by Crippen LogP contribution is 2.27. The van der Waals surface area contributed by atoms with Crippen LogP contribution in [0.25, 0.3) is 11.3 Å². The minimum Gasteiger partial charge on any atom is -0.497 e. The van der Waals surface area contributed by atoms with Crippen LogP contribution in [0.5, 0.6) is 11.6 Å². The quantitative estimate of drug-likeness (QED) is 0.296. The fourth-order valence-corrected chi connectivity index (χ4v) is 4.41. The molecular weight excluding hydrogens is 494 g/mol. The van der Waals surface area contributed by atoms with Crippen LogP contribution in [-0.2, 0) is 11.3 Å². The van der Waals surface area contributed by atoms with Gasteiger partial charge in [0.05, 0.1) is 25.4 Å². The Morgan fingerprint density at radius 3 is 2.56 bits per heavy atom. The van der Waals surface area contributed by atoms with Crippen molar-refractivity contribution >= 4 is 11.5 Å². The molecule has 1 unspecified atom stereocenters. The first kappa shape index (κ1) is 26.1.